The van der Waals surface area contributed by atoms with Crippen molar-refractivity contribution < 1.29 is 9.18 Å². The van der Waals surface area contributed by atoms with Gasteiger partial charge < -0.3 is 0 Å². The zero-order valence-corrected chi connectivity index (χ0v) is 8.19. The average Bonchev–Trinajstić information content (AvgIpc) is 2.01. The van der Waals surface area contributed by atoms with Gasteiger partial charge in [-0.2, -0.15) is 0 Å². The van der Waals surface area contributed by atoms with Crippen LogP contribution in [-0.2, 0) is 0 Å². The first-order valence-corrected chi connectivity index (χ1v) is 4.21. The van der Waals surface area contributed by atoms with Crippen LogP contribution in [0.5, 0.6) is 0 Å². The van der Waals surface area contributed by atoms with E-state index in [2.05, 4.69) is 0 Å². The van der Waals surface area contributed by atoms with Crippen molar-refractivity contribution in [2.75, 3.05) is 0 Å². The first-order chi connectivity index (χ1) is 5.16. The van der Waals surface area contributed by atoms with Gasteiger partial charge in [-0.05, 0) is 34.7 Å². The summed E-state index contributed by atoms with van der Waals surface area (Å²) >= 11 is 7.19. The number of benzene rings is 1. The maximum absolute atomic E-state index is 12.9. The van der Waals surface area contributed by atoms with Gasteiger partial charge in [0.15, 0.2) is 12.1 Å². The topological polar surface area (TPSA) is 17.1 Å². The summed E-state index contributed by atoms with van der Waals surface area (Å²) in [6.07, 6.45) is 0.598. The van der Waals surface area contributed by atoms with Gasteiger partial charge in [0.2, 0.25) is 0 Å². The van der Waals surface area contributed by atoms with Crippen molar-refractivity contribution in [3.05, 3.63) is 32.1 Å². The Balaban J connectivity index is 3.36. The Morgan fingerprint density at radius 2 is 2.18 bits per heavy atom. The first-order valence-electron chi connectivity index (χ1n) is 2.75. The first kappa shape index (κ1) is 8.93. The lowest BCUT2D eigenvalue weighted by molar-refractivity contribution is 0.112. The molecule has 1 aromatic rings. The summed E-state index contributed by atoms with van der Waals surface area (Å²) in [4.78, 5) is 10.3. The van der Waals surface area contributed by atoms with Crippen molar-refractivity contribution in [2.45, 2.75) is 0 Å². The second-order valence-corrected chi connectivity index (χ2v) is 3.37. The molecular formula is C7H3ClFIO. The van der Waals surface area contributed by atoms with Crippen LogP contribution in [0.2, 0.25) is 5.02 Å². The number of carbonyl (C=O) groups is 1. The number of hydrogen-bond acceptors (Lipinski definition) is 1. The fraction of sp³-hybridized carbons (Fsp3) is 0. The van der Waals surface area contributed by atoms with Gasteiger partial charge in [0.1, 0.15) is 0 Å². The summed E-state index contributed by atoms with van der Waals surface area (Å²) in [5.74, 6) is -0.531. The molecule has 0 aliphatic rings. The van der Waals surface area contributed by atoms with Crippen LogP contribution in [0.1, 0.15) is 10.4 Å². The lowest BCUT2D eigenvalue weighted by atomic mass is 10.2. The second kappa shape index (κ2) is 3.49. The Morgan fingerprint density at radius 1 is 1.55 bits per heavy atom. The molecule has 0 saturated carbocycles. The Labute approximate surface area is 81.7 Å². The Bertz CT molecular complexity index is 301. The molecule has 0 unspecified atom stereocenters. The lowest BCUT2D eigenvalue weighted by Crippen LogP contribution is -1.90. The van der Waals surface area contributed by atoms with Gasteiger partial charge in [0.25, 0.3) is 0 Å². The minimum absolute atomic E-state index is 0.0417. The van der Waals surface area contributed by atoms with Gasteiger partial charge in [-0.1, -0.05) is 11.6 Å². The van der Waals surface area contributed by atoms with Gasteiger partial charge in [-0.15, -0.1) is 0 Å². The highest BCUT2D eigenvalue weighted by atomic mass is 127. The van der Waals surface area contributed by atoms with E-state index in [1.54, 1.807) is 22.6 Å². The number of halogens is 3. The average molecular weight is 284 g/mol. The molecule has 0 heterocycles. The third-order valence-electron chi connectivity index (χ3n) is 1.19. The molecular weight excluding hydrogens is 281 g/mol. The summed E-state index contributed by atoms with van der Waals surface area (Å²) in [7, 11) is 0. The fourth-order valence-corrected chi connectivity index (χ4v) is 1.55. The standard InChI is InChI=1S/C7H3ClFIO/c8-5-2-1-4(3-11)7(10)6(5)9/h1-3H. The number of hydrogen-bond donors (Lipinski definition) is 0. The highest BCUT2D eigenvalue weighted by molar-refractivity contribution is 14.1. The molecule has 0 spiro atoms. The maximum Gasteiger partial charge on any atom is 0.155 e. The summed E-state index contributed by atoms with van der Waals surface area (Å²) in [6, 6.07) is 2.85. The van der Waals surface area contributed by atoms with Crippen LogP contribution < -0.4 is 0 Å². The smallest absolute Gasteiger partial charge is 0.155 e. The molecule has 0 atom stereocenters. The highest BCUT2D eigenvalue weighted by Crippen LogP contribution is 2.22. The molecule has 0 fully saturated rings. The molecule has 1 rings (SSSR count). The summed E-state index contributed by atoms with van der Waals surface area (Å²) < 4.78 is 13.1. The molecule has 0 aliphatic heterocycles. The molecule has 0 saturated heterocycles. The van der Waals surface area contributed by atoms with Gasteiger partial charge in [-0.3, -0.25) is 4.79 Å². The van der Waals surface area contributed by atoms with E-state index >= 15 is 0 Å². The number of carbonyl (C=O) groups excluding carboxylic acids is 1. The second-order valence-electron chi connectivity index (χ2n) is 1.88. The normalized spacial score (nSPS) is 9.73. The minimum atomic E-state index is -0.531. The molecule has 0 amide bonds. The quantitative estimate of drug-likeness (QED) is 0.440. The van der Waals surface area contributed by atoms with E-state index in [1.165, 1.54) is 12.1 Å². The Kier molecular flexibility index (Phi) is 2.84. The van der Waals surface area contributed by atoms with Crippen molar-refractivity contribution in [1.29, 1.82) is 0 Å². The van der Waals surface area contributed by atoms with Crippen LogP contribution in [0.4, 0.5) is 4.39 Å². The zero-order valence-electron chi connectivity index (χ0n) is 5.27. The van der Waals surface area contributed by atoms with Gasteiger partial charge in [0.05, 0.1) is 8.59 Å². The SMILES string of the molecule is O=Cc1ccc(Cl)c(F)c1I. The summed E-state index contributed by atoms with van der Waals surface area (Å²) in [5.41, 5.74) is 0.326. The molecule has 0 aromatic heterocycles. The molecule has 0 aliphatic carbocycles. The van der Waals surface area contributed by atoms with Crippen LogP contribution >= 0.6 is 34.2 Å². The van der Waals surface area contributed by atoms with E-state index in [4.69, 9.17) is 11.6 Å². The van der Waals surface area contributed by atoms with Crippen LogP contribution in [0.3, 0.4) is 0 Å². The molecule has 1 aromatic carbocycles. The van der Waals surface area contributed by atoms with Gasteiger partial charge >= 0.3 is 0 Å². The predicted molar refractivity (Wildman–Crippen MR) is 49.5 cm³/mol. The minimum Gasteiger partial charge on any atom is -0.298 e. The zero-order chi connectivity index (χ0) is 8.43. The highest BCUT2D eigenvalue weighted by Gasteiger charge is 2.07. The fourth-order valence-electron chi connectivity index (χ4n) is 0.632. The van der Waals surface area contributed by atoms with E-state index in [9.17, 15) is 9.18 Å². The lowest BCUT2D eigenvalue weighted by Gasteiger charge is -1.98. The van der Waals surface area contributed by atoms with Crippen molar-refractivity contribution in [2.24, 2.45) is 0 Å². The van der Waals surface area contributed by atoms with Crippen molar-refractivity contribution >= 4 is 40.5 Å². The van der Waals surface area contributed by atoms with Gasteiger partial charge in [0, 0.05) is 5.56 Å². The molecule has 0 N–H and O–H groups in total. The van der Waals surface area contributed by atoms with Crippen molar-refractivity contribution in [3.63, 3.8) is 0 Å². The van der Waals surface area contributed by atoms with Crippen molar-refractivity contribution in [3.8, 4) is 0 Å². The third kappa shape index (κ3) is 1.70. The van der Waals surface area contributed by atoms with E-state index in [0.29, 0.717) is 11.8 Å². The van der Waals surface area contributed by atoms with Crippen LogP contribution in [0, 0.1) is 9.39 Å². The van der Waals surface area contributed by atoms with E-state index in [0.717, 1.165) is 0 Å². The molecule has 58 valence electrons. The summed E-state index contributed by atoms with van der Waals surface area (Å²) in [6.45, 7) is 0. The van der Waals surface area contributed by atoms with Crippen molar-refractivity contribution in [1.82, 2.24) is 0 Å². The van der Waals surface area contributed by atoms with Crippen LogP contribution in [-0.4, -0.2) is 6.29 Å². The van der Waals surface area contributed by atoms with E-state index in [1.807, 2.05) is 0 Å². The maximum atomic E-state index is 12.9. The molecule has 4 heteroatoms. The third-order valence-corrected chi connectivity index (χ3v) is 2.58. The number of aldehydes is 1. The monoisotopic (exact) mass is 284 g/mol. The van der Waals surface area contributed by atoms with E-state index in [-0.39, 0.29) is 8.59 Å². The Morgan fingerprint density at radius 3 is 2.73 bits per heavy atom. The predicted octanol–water partition coefficient (Wildman–Crippen LogP) is 2.90. The van der Waals surface area contributed by atoms with Gasteiger partial charge in [-0.25, -0.2) is 4.39 Å². The molecule has 1 nitrogen and oxygen atoms in total. The number of rotatable bonds is 1. The molecule has 0 radical (unpaired) electrons. The molecule has 11 heavy (non-hydrogen) atoms. The summed E-state index contributed by atoms with van der Waals surface area (Å²) in [5, 5.41) is 0.0417. The Hall–Kier alpha value is -0.160. The van der Waals surface area contributed by atoms with Crippen LogP contribution in [0.25, 0.3) is 0 Å². The van der Waals surface area contributed by atoms with Crippen LogP contribution in [0.15, 0.2) is 12.1 Å². The largest absolute Gasteiger partial charge is 0.298 e. The van der Waals surface area contributed by atoms with E-state index < -0.39 is 5.82 Å². The molecule has 0 bridgehead atoms.